The molecule has 0 radical (unpaired) electrons. The van der Waals surface area contributed by atoms with E-state index in [-0.39, 0.29) is 12.8 Å². The number of carboxylic acids is 1. The molecule has 3 amide bonds. The lowest BCUT2D eigenvalue weighted by Crippen LogP contribution is -2.59. The van der Waals surface area contributed by atoms with Crippen LogP contribution in [0.25, 0.3) is 0 Å². The maximum absolute atomic E-state index is 13.1. The summed E-state index contributed by atoms with van der Waals surface area (Å²) in [5.74, 6) is -3.86. The largest absolute Gasteiger partial charge is 0.480 e. The first kappa shape index (κ1) is 28.4. The molecule has 2 rings (SSSR count). The molecular weight excluding hydrogens is 468 g/mol. The second-order valence-electron chi connectivity index (χ2n) is 8.36. The van der Waals surface area contributed by atoms with Crippen molar-refractivity contribution in [2.45, 2.75) is 50.0 Å². The Bertz CT molecular complexity index is 1020. The van der Waals surface area contributed by atoms with E-state index < -0.39 is 60.6 Å². The number of nitrogens with two attached hydrogens (primary N) is 1. The topological polar surface area (TPSA) is 191 Å². The highest BCUT2D eigenvalue weighted by Crippen LogP contribution is 2.07. The SMILES string of the molecule is CC(O)C(NC(=O)C(CO)NC(=O)C(Cc1ccccc1)NC(=O)C(N)Cc1ccccc1)C(=O)O. The van der Waals surface area contributed by atoms with E-state index in [1.165, 1.54) is 6.92 Å². The average Bonchev–Trinajstić information content (AvgIpc) is 2.85. The maximum atomic E-state index is 13.1. The van der Waals surface area contributed by atoms with Crippen molar-refractivity contribution in [1.29, 1.82) is 0 Å². The van der Waals surface area contributed by atoms with Crippen LogP contribution in [0.4, 0.5) is 0 Å². The van der Waals surface area contributed by atoms with Crippen LogP contribution in [0.5, 0.6) is 0 Å². The van der Waals surface area contributed by atoms with Crippen molar-refractivity contribution < 1.29 is 34.5 Å². The van der Waals surface area contributed by atoms with E-state index in [0.717, 1.165) is 11.1 Å². The zero-order valence-electron chi connectivity index (χ0n) is 19.8. The molecule has 0 aliphatic carbocycles. The molecule has 0 spiro atoms. The minimum atomic E-state index is -1.64. The number of rotatable bonds is 13. The zero-order valence-corrected chi connectivity index (χ0v) is 19.8. The first-order valence-corrected chi connectivity index (χ1v) is 11.4. The van der Waals surface area contributed by atoms with Gasteiger partial charge in [-0.3, -0.25) is 14.4 Å². The lowest BCUT2D eigenvalue weighted by atomic mass is 10.0. The van der Waals surface area contributed by atoms with E-state index in [1.807, 2.05) is 30.3 Å². The highest BCUT2D eigenvalue weighted by atomic mass is 16.4. The number of hydrogen-bond donors (Lipinski definition) is 7. The predicted molar refractivity (Wildman–Crippen MR) is 130 cm³/mol. The quantitative estimate of drug-likeness (QED) is 0.177. The van der Waals surface area contributed by atoms with Crippen LogP contribution in [0.3, 0.4) is 0 Å². The zero-order chi connectivity index (χ0) is 26.7. The summed E-state index contributed by atoms with van der Waals surface area (Å²) in [4.78, 5) is 49.6. The van der Waals surface area contributed by atoms with E-state index in [1.54, 1.807) is 30.3 Å². The minimum absolute atomic E-state index is 0.0711. The summed E-state index contributed by atoms with van der Waals surface area (Å²) in [7, 11) is 0. The van der Waals surface area contributed by atoms with Gasteiger partial charge in [0.2, 0.25) is 17.7 Å². The van der Waals surface area contributed by atoms with Crippen LogP contribution in [-0.2, 0) is 32.0 Å². The number of carboxylic acid groups (broad SMARTS) is 1. The van der Waals surface area contributed by atoms with Crippen molar-refractivity contribution in [1.82, 2.24) is 16.0 Å². The summed E-state index contributed by atoms with van der Waals surface area (Å²) in [6, 6.07) is 12.7. The molecule has 0 aromatic heterocycles. The smallest absolute Gasteiger partial charge is 0.328 e. The van der Waals surface area contributed by atoms with Crippen LogP contribution >= 0.6 is 0 Å². The standard InChI is InChI=1S/C25H32N4O7/c1-15(31)21(25(35)36)29-24(34)20(14-30)28-23(33)19(13-17-10-6-3-7-11-17)27-22(32)18(26)12-16-8-4-2-5-9-16/h2-11,15,18-21,30-31H,12-14,26H2,1H3,(H,27,32)(H,28,33)(H,29,34)(H,35,36). The number of aliphatic carboxylic acids is 1. The van der Waals surface area contributed by atoms with Gasteiger partial charge in [-0.1, -0.05) is 60.7 Å². The fourth-order valence-corrected chi connectivity index (χ4v) is 3.41. The summed E-state index contributed by atoms with van der Waals surface area (Å²) in [5.41, 5.74) is 7.61. The molecule has 36 heavy (non-hydrogen) atoms. The molecule has 194 valence electrons. The Morgan fingerprint density at radius 1 is 0.778 bits per heavy atom. The molecule has 8 N–H and O–H groups in total. The molecule has 0 saturated heterocycles. The molecule has 0 aliphatic rings. The summed E-state index contributed by atoms with van der Waals surface area (Å²) < 4.78 is 0. The first-order chi connectivity index (χ1) is 17.1. The van der Waals surface area contributed by atoms with Gasteiger partial charge < -0.3 is 37.0 Å². The average molecular weight is 501 g/mol. The highest BCUT2D eigenvalue weighted by Gasteiger charge is 2.31. The van der Waals surface area contributed by atoms with Crippen LogP contribution in [0.1, 0.15) is 18.1 Å². The van der Waals surface area contributed by atoms with Gasteiger partial charge in [-0.15, -0.1) is 0 Å². The normalized spacial score (nSPS) is 15.0. The van der Waals surface area contributed by atoms with Crippen LogP contribution in [0, 0.1) is 0 Å². The molecular formula is C25H32N4O7. The number of nitrogens with one attached hydrogen (secondary N) is 3. The number of aliphatic hydroxyl groups excluding tert-OH is 2. The van der Waals surface area contributed by atoms with Gasteiger partial charge in [0.05, 0.1) is 18.8 Å². The molecule has 2 aromatic rings. The van der Waals surface area contributed by atoms with E-state index in [4.69, 9.17) is 10.8 Å². The number of carbonyl (C=O) groups excluding carboxylic acids is 3. The Kier molecular flexibility index (Phi) is 11.0. The highest BCUT2D eigenvalue weighted by molar-refractivity contribution is 5.94. The van der Waals surface area contributed by atoms with Gasteiger partial charge in [0.1, 0.15) is 12.1 Å². The van der Waals surface area contributed by atoms with Gasteiger partial charge >= 0.3 is 5.97 Å². The summed E-state index contributed by atoms with van der Waals surface area (Å²) >= 11 is 0. The second-order valence-corrected chi connectivity index (χ2v) is 8.36. The summed E-state index contributed by atoms with van der Waals surface area (Å²) in [6.07, 6.45) is -1.11. The van der Waals surface area contributed by atoms with Crippen LogP contribution < -0.4 is 21.7 Å². The number of amides is 3. The van der Waals surface area contributed by atoms with Crippen molar-refractivity contribution >= 4 is 23.7 Å². The molecule has 0 heterocycles. The van der Waals surface area contributed by atoms with Crippen molar-refractivity contribution in [3.63, 3.8) is 0 Å². The van der Waals surface area contributed by atoms with Gasteiger partial charge in [0, 0.05) is 6.42 Å². The first-order valence-electron chi connectivity index (χ1n) is 11.4. The van der Waals surface area contributed by atoms with E-state index in [0.29, 0.717) is 0 Å². The monoisotopic (exact) mass is 500 g/mol. The van der Waals surface area contributed by atoms with E-state index in [2.05, 4.69) is 16.0 Å². The van der Waals surface area contributed by atoms with Crippen molar-refractivity contribution in [2.75, 3.05) is 6.61 Å². The lowest BCUT2D eigenvalue weighted by molar-refractivity contribution is -0.145. The van der Waals surface area contributed by atoms with Crippen molar-refractivity contribution in [3.8, 4) is 0 Å². The van der Waals surface area contributed by atoms with Gasteiger partial charge in [0.15, 0.2) is 6.04 Å². The van der Waals surface area contributed by atoms with Crippen molar-refractivity contribution in [3.05, 3.63) is 71.8 Å². The van der Waals surface area contributed by atoms with Gasteiger partial charge in [0.25, 0.3) is 0 Å². The molecule has 0 fully saturated rings. The Hall–Kier alpha value is -3.80. The third-order valence-electron chi connectivity index (χ3n) is 5.41. The van der Waals surface area contributed by atoms with Gasteiger partial charge in [-0.2, -0.15) is 0 Å². The molecule has 11 heteroatoms. The van der Waals surface area contributed by atoms with Gasteiger partial charge in [-0.05, 0) is 24.5 Å². The molecule has 5 unspecified atom stereocenters. The number of benzene rings is 2. The third-order valence-corrected chi connectivity index (χ3v) is 5.41. The molecule has 0 aliphatic heterocycles. The number of aliphatic hydroxyl groups is 2. The van der Waals surface area contributed by atoms with Crippen molar-refractivity contribution in [2.24, 2.45) is 5.73 Å². The van der Waals surface area contributed by atoms with Gasteiger partial charge in [-0.25, -0.2) is 4.79 Å². The molecule has 0 bridgehead atoms. The Morgan fingerprint density at radius 3 is 1.72 bits per heavy atom. The predicted octanol–water partition coefficient (Wildman–Crippen LogP) is -1.29. The molecule has 11 nitrogen and oxygen atoms in total. The molecule has 5 atom stereocenters. The fraction of sp³-hybridized carbons (Fsp3) is 0.360. The fourth-order valence-electron chi connectivity index (χ4n) is 3.41. The maximum Gasteiger partial charge on any atom is 0.328 e. The van der Waals surface area contributed by atoms with Crippen LogP contribution in [0.15, 0.2) is 60.7 Å². The molecule has 2 aromatic carbocycles. The van der Waals surface area contributed by atoms with E-state index >= 15 is 0 Å². The third kappa shape index (κ3) is 8.77. The van der Waals surface area contributed by atoms with Crippen LogP contribution in [-0.4, -0.2) is 75.9 Å². The number of carbonyl (C=O) groups is 4. The van der Waals surface area contributed by atoms with E-state index in [9.17, 15) is 29.4 Å². The van der Waals surface area contributed by atoms with Crippen LogP contribution in [0.2, 0.25) is 0 Å². The second kappa shape index (κ2) is 13.9. The Balaban J connectivity index is 2.14. The molecule has 0 saturated carbocycles. The minimum Gasteiger partial charge on any atom is -0.480 e. The summed E-state index contributed by atoms with van der Waals surface area (Å²) in [5, 5.41) is 35.4. The number of hydrogen-bond acceptors (Lipinski definition) is 7. The summed E-state index contributed by atoms with van der Waals surface area (Å²) in [6.45, 7) is 0.332. The Morgan fingerprint density at radius 2 is 1.25 bits per heavy atom. The Labute approximate surface area is 208 Å². The lowest BCUT2D eigenvalue weighted by Gasteiger charge is -2.25.